The maximum Gasteiger partial charge on any atom is 0.242 e. The maximum absolute atomic E-state index is 12.8. The van der Waals surface area contributed by atoms with Crippen LogP contribution in [0.3, 0.4) is 0 Å². The summed E-state index contributed by atoms with van der Waals surface area (Å²) in [5.74, 6) is 0.829. The second-order valence-corrected chi connectivity index (χ2v) is 8.94. The lowest BCUT2D eigenvalue weighted by Gasteiger charge is -2.34. The zero-order chi connectivity index (χ0) is 16.4. The Balaban J connectivity index is 1.77. The SMILES string of the molecule is C[C@H](NC(=O)[C@@H](c1ccccc1)N1CCS(=O)(=O)CC1)C1CC1. The average molecular weight is 336 g/mol. The summed E-state index contributed by atoms with van der Waals surface area (Å²) in [5, 5.41) is 3.13. The van der Waals surface area contributed by atoms with Gasteiger partial charge < -0.3 is 5.32 Å². The summed E-state index contributed by atoms with van der Waals surface area (Å²) in [6.07, 6.45) is 2.36. The fourth-order valence-electron chi connectivity index (χ4n) is 3.17. The van der Waals surface area contributed by atoms with Crippen molar-refractivity contribution in [2.24, 2.45) is 5.92 Å². The van der Waals surface area contributed by atoms with Gasteiger partial charge in [0.15, 0.2) is 9.84 Å². The van der Waals surface area contributed by atoms with Crippen LogP contribution in [0.5, 0.6) is 0 Å². The first-order valence-electron chi connectivity index (χ1n) is 8.26. The van der Waals surface area contributed by atoms with Gasteiger partial charge in [-0.1, -0.05) is 30.3 Å². The molecule has 0 bridgehead atoms. The summed E-state index contributed by atoms with van der Waals surface area (Å²) < 4.78 is 23.3. The third-order valence-electron chi connectivity index (χ3n) is 4.81. The number of carbonyl (C=O) groups is 1. The molecule has 1 aromatic rings. The Hall–Kier alpha value is -1.40. The molecule has 0 radical (unpaired) electrons. The first kappa shape index (κ1) is 16.5. The van der Waals surface area contributed by atoms with Gasteiger partial charge in [0.05, 0.1) is 11.5 Å². The van der Waals surface area contributed by atoms with Crippen molar-refractivity contribution in [3.05, 3.63) is 35.9 Å². The first-order chi connectivity index (χ1) is 11.0. The largest absolute Gasteiger partial charge is 0.352 e. The number of rotatable bonds is 5. The number of amides is 1. The Morgan fingerprint density at radius 1 is 1.17 bits per heavy atom. The van der Waals surface area contributed by atoms with Crippen molar-refractivity contribution < 1.29 is 13.2 Å². The fourth-order valence-corrected chi connectivity index (χ4v) is 4.39. The Labute approximate surface area is 138 Å². The van der Waals surface area contributed by atoms with E-state index in [2.05, 4.69) is 12.2 Å². The minimum atomic E-state index is -2.96. The summed E-state index contributed by atoms with van der Waals surface area (Å²) in [4.78, 5) is 14.8. The van der Waals surface area contributed by atoms with E-state index in [-0.39, 0.29) is 23.5 Å². The number of sulfone groups is 1. The topological polar surface area (TPSA) is 66.5 Å². The molecule has 0 aromatic heterocycles. The highest BCUT2D eigenvalue weighted by atomic mass is 32.2. The van der Waals surface area contributed by atoms with E-state index < -0.39 is 15.9 Å². The number of nitrogens with one attached hydrogen (secondary N) is 1. The molecular weight excluding hydrogens is 312 g/mol. The molecule has 1 aliphatic carbocycles. The van der Waals surface area contributed by atoms with Crippen LogP contribution >= 0.6 is 0 Å². The Kier molecular flexibility index (Phi) is 4.73. The molecule has 1 amide bonds. The number of nitrogens with zero attached hydrogens (tertiary/aromatic N) is 1. The lowest BCUT2D eigenvalue weighted by molar-refractivity contribution is -0.127. The fraction of sp³-hybridized carbons (Fsp3) is 0.588. The summed E-state index contributed by atoms with van der Waals surface area (Å²) in [7, 11) is -2.96. The van der Waals surface area contributed by atoms with Crippen LogP contribution in [0.15, 0.2) is 30.3 Å². The number of carbonyl (C=O) groups excluding carboxylic acids is 1. The van der Waals surface area contributed by atoms with Crippen LogP contribution in [-0.2, 0) is 14.6 Å². The molecule has 1 heterocycles. The van der Waals surface area contributed by atoms with Gasteiger partial charge in [0.25, 0.3) is 0 Å². The molecular formula is C17H24N2O3S. The molecule has 1 aromatic carbocycles. The zero-order valence-electron chi connectivity index (χ0n) is 13.4. The predicted octanol–water partition coefficient (Wildman–Crippen LogP) is 1.37. The van der Waals surface area contributed by atoms with Crippen LogP contribution in [0.25, 0.3) is 0 Å². The molecule has 2 fully saturated rings. The molecule has 1 aliphatic heterocycles. The summed E-state index contributed by atoms with van der Waals surface area (Å²) in [5.41, 5.74) is 0.923. The van der Waals surface area contributed by atoms with Crippen molar-refractivity contribution in [1.82, 2.24) is 10.2 Å². The van der Waals surface area contributed by atoms with Crippen LogP contribution in [0.1, 0.15) is 31.4 Å². The van der Waals surface area contributed by atoms with Crippen LogP contribution in [0.2, 0.25) is 0 Å². The van der Waals surface area contributed by atoms with Crippen LogP contribution in [-0.4, -0.2) is 49.9 Å². The van der Waals surface area contributed by atoms with E-state index in [4.69, 9.17) is 0 Å². The Bertz CT molecular complexity index is 642. The highest BCUT2D eigenvalue weighted by Crippen LogP contribution is 2.33. The molecule has 126 valence electrons. The quantitative estimate of drug-likeness (QED) is 0.882. The van der Waals surface area contributed by atoms with E-state index in [1.54, 1.807) is 0 Å². The molecule has 5 nitrogen and oxygen atoms in total. The monoisotopic (exact) mass is 336 g/mol. The van der Waals surface area contributed by atoms with E-state index in [1.165, 1.54) is 12.8 Å². The van der Waals surface area contributed by atoms with Gasteiger partial charge >= 0.3 is 0 Å². The molecule has 6 heteroatoms. The minimum absolute atomic E-state index is 0.0186. The molecule has 1 saturated heterocycles. The molecule has 1 N–H and O–H groups in total. The third-order valence-corrected chi connectivity index (χ3v) is 6.42. The van der Waals surface area contributed by atoms with Gasteiger partial charge in [-0.15, -0.1) is 0 Å². The van der Waals surface area contributed by atoms with E-state index >= 15 is 0 Å². The lowest BCUT2D eigenvalue weighted by atomic mass is 10.0. The molecule has 2 atom stereocenters. The van der Waals surface area contributed by atoms with Gasteiger partial charge in [-0.3, -0.25) is 9.69 Å². The minimum Gasteiger partial charge on any atom is -0.352 e. The standard InChI is InChI=1S/C17H24N2O3S/c1-13(14-7-8-14)18-17(20)16(15-5-3-2-4-6-15)19-9-11-23(21,22)12-10-19/h2-6,13-14,16H,7-12H2,1H3,(H,18,20)/t13-,16+/m0/s1. The number of benzene rings is 1. The van der Waals surface area contributed by atoms with Gasteiger partial charge in [-0.25, -0.2) is 8.42 Å². The van der Waals surface area contributed by atoms with Crippen molar-refractivity contribution in [3.63, 3.8) is 0 Å². The van der Waals surface area contributed by atoms with Crippen LogP contribution < -0.4 is 5.32 Å². The van der Waals surface area contributed by atoms with Crippen molar-refractivity contribution in [3.8, 4) is 0 Å². The van der Waals surface area contributed by atoms with E-state index in [9.17, 15) is 13.2 Å². The van der Waals surface area contributed by atoms with E-state index in [1.807, 2.05) is 35.2 Å². The number of hydrogen-bond acceptors (Lipinski definition) is 4. The zero-order valence-corrected chi connectivity index (χ0v) is 14.3. The van der Waals surface area contributed by atoms with Gasteiger partial charge in [0.2, 0.25) is 5.91 Å². The molecule has 1 saturated carbocycles. The van der Waals surface area contributed by atoms with Crippen molar-refractivity contribution in [2.75, 3.05) is 24.6 Å². The maximum atomic E-state index is 12.8. The van der Waals surface area contributed by atoms with Gasteiger partial charge in [0.1, 0.15) is 6.04 Å². The molecule has 0 spiro atoms. The molecule has 0 unspecified atom stereocenters. The first-order valence-corrected chi connectivity index (χ1v) is 10.1. The smallest absolute Gasteiger partial charge is 0.242 e. The summed E-state index contributed by atoms with van der Waals surface area (Å²) >= 11 is 0. The predicted molar refractivity (Wildman–Crippen MR) is 89.7 cm³/mol. The molecule has 3 rings (SSSR count). The normalized spacial score (nSPS) is 23.9. The highest BCUT2D eigenvalue weighted by molar-refractivity contribution is 7.91. The second-order valence-electron chi connectivity index (χ2n) is 6.64. The van der Waals surface area contributed by atoms with Crippen LogP contribution in [0, 0.1) is 5.92 Å². The van der Waals surface area contributed by atoms with Crippen LogP contribution in [0.4, 0.5) is 0 Å². The summed E-state index contributed by atoms with van der Waals surface area (Å²) in [6.45, 7) is 2.87. The second kappa shape index (κ2) is 6.61. The van der Waals surface area contributed by atoms with Crippen molar-refractivity contribution >= 4 is 15.7 Å². The van der Waals surface area contributed by atoms with E-state index in [0.29, 0.717) is 19.0 Å². The molecule has 23 heavy (non-hydrogen) atoms. The van der Waals surface area contributed by atoms with E-state index in [0.717, 1.165) is 5.56 Å². The van der Waals surface area contributed by atoms with Gasteiger partial charge in [0, 0.05) is 19.1 Å². The average Bonchev–Trinajstić information content (AvgIpc) is 3.35. The van der Waals surface area contributed by atoms with Gasteiger partial charge in [-0.05, 0) is 31.2 Å². The molecule has 2 aliphatic rings. The Morgan fingerprint density at radius 2 is 1.78 bits per heavy atom. The Morgan fingerprint density at radius 3 is 2.35 bits per heavy atom. The lowest BCUT2D eigenvalue weighted by Crippen LogP contribution is -2.49. The highest BCUT2D eigenvalue weighted by Gasteiger charge is 2.35. The van der Waals surface area contributed by atoms with Gasteiger partial charge in [-0.2, -0.15) is 0 Å². The third kappa shape index (κ3) is 4.12. The summed E-state index contributed by atoms with van der Waals surface area (Å²) in [6, 6.07) is 9.41. The number of hydrogen-bond donors (Lipinski definition) is 1. The van der Waals surface area contributed by atoms with Crippen molar-refractivity contribution in [1.29, 1.82) is 0 Å². The van der Waals surface area contributed by atoms with Crippen molar-refractivity contribution in [2.45, 2.75) is 31.8 Å².